The van der Waals surface area contributed by atoms with Gasteiger partial charge in [0.05, 0.1) is 12.0 Å². The number of allylic oxidation sites excluding steroid dienone is 1. The molecule has 1 aromatic rings. The highest BCUT2D eigenvalue weighted by Gasteiger charge is 2.46. The third kappa shape index (κ3) is 3.66. The van der Waals surface area contributed by atoms with Crippen LogP contribution in [0.5, 0.6) is 0 Å². The molecule has 0 aliphatic rings. The van der Waals surface area contributed by atoms with E-state index < -0.39 is 8.32 Å². The van der Waals surface area contributed by atoms with Crippen molar-refractivity contribution >= 4 is 14.4 Å². The number of hydrogen-bond acceptors (Lipinski definition) is 2. The summed E-state index contributed by atoms with van der Waals surface area (Å²) >= 11 is 0. The second-order valence-corrected chi connectivity index (χ2v) is 11.6. The van der Waals surface area contributed by atoms with Crippen molar-refractivity contribution in [3.05, 3.63) is 42.6 Å². The van der Waals surface area contributed by atoms with Crippen LogP contribution in [-0.4, -0.2) is 8.32 Å². The number of rotatable bonds is 7. The summed E-state index contributed by atoms with van der Waals surface area (Å²) in [5.74, 6) is 1.56. The van der Waals surface area contributed by atoms with Gasteiger partial charge in [0.2, 0.25) is 0 Å². The van der Waals surface area contributed by atoms with Gasteiger partial charge in [0.15, 0.2) is 0 Å². The van der Waals surface area contributed by atoms with Crippen molar-refractivity contribution in [2.45, 2.75) is 58.2 Å². The Morgan fingerprint density at radius 2 is 1.70 bits per heavy atom. The van der Waals surface area contributed by atoms with E-state index in [1.165, 1.54) is 0 Å². The lowest BCUT2D eigenvalue weighted by atomic mass is 10.4. The van der Waals surface area contributed by atoms with Gasteiger partial charge in [-0.15, -0.1) is 0 Å². The topological polar surface area (TPSA) is 22.4 Å². The maximum Gasteiger partial charge on any atom is 0.258 e. The van der Waals surface area contributed by atoms with Gasteiger partial charge in [-0.2, -0.15) is 0 Å². The SMILES string of the molecule is C=C(/C=C/c1ccco1)O[Si](C(C)C)(C(C)C)C(C)C. The molecular formula is C17H28O2Si. The minimum atomic E-state index is -1.89. The molecule has 0 unspecified atom stereocenters. The van der Waals surface area contributed by atoms with E-state index in [4.69, 9.17) is 8.84 Å². The summed E-state index contributed by atoms with van der Waals surface area (Å²) in [7, 11) is -1.89. The fourth-order valence-corrected chi connectivity index (χ4v) is 8.41. The van der Waals surface area contributed by atoms with Gasteiger partial charge in [0, 0.05) is 0 Å². The van der Waals surface area contributed by atoms with Gasteiger partial charge >= 0.3 is 0 Å². The molecule has 0 amide bonds. The van der Waals surface area contributed by atoms with Gasteiger partial charge in [0.1, 0.15) is 5.76 Å². The molecule has 0 spiro atoms. The summed E-state index contributed by atoms with van der Waals surface area (Å²) in [5, 5.41) is 0. The lowest BCUT2D eigenvalue weighted by Crippen LogP contribution is -2.47. The fourth-order valence-electron chi connectivity index (χ4n) is 3.18. The Bertz CT molecular complexity index is 420. The van der Waals surface area contributed by atoms with Crippen molar-refractivity contribution in [1.82, 2.24) is 0 Å². The molecule has 0 atom stereocenters. The molecule has 0 N–H and O–H groups in total. The third-order valence-corrected chi connectivity index (χ3v) is 10.0. The van der Waals surface area contributed by atoms with Crippen molar-refractivity contribution in [2.75, 3.05) is 0 Å². The van der Waals surface area contributed by atoms with Crippen molar-refractivity contribution in [3.8, 4) is 0 Å². The van der Waals surface area contributed by atoms with E-state index in [-0.39, 0.29) is 0 Å². The average Bonchev–Trinajstić information content (AvgIpc) is 2.85. The van der Waals surface area contributed by atoms with Crippen molar-refractivity contribution in [1.29, 1.82) is 0 Å². The summed E-state index contributed by atoms with van der Waals surface area (Å²) in [6, 6.07) is 3.79. The Hall–Kier alpha value is -1.22. The first-order valence-corrected chi connectivity index (χ1v) is 9.54. The largest absolute Gasteiger partial charge is 0.543 e. The molecule has 3 heteroatoms. The van der Waals surface area contributed by atoms with Gasteiger partial charge < -0.3 is 8.84 Å². The van der Waals surface area contributed by atoms with Crippen LogP contribution in [0.25, 0.3) is 6.08 Å². The molecular weight excluding hydrogens is 264 g/mol. The Balaban J connectivity index is 2.87. The summed E-state index contributed by atoms with van der Waals surface area (Å²) in [6.07, 6.45) is 5.48. The Kier molecular flexibility index (Phi) is 5.87. The molecule has 20 heavy (non-hydrogen) atoms. The molecule has 0 aliphatic heterocycles. The van der Waals surface area contributed by atoms with Gasteiger partial charge in [0.25, 0.3) is 8.32 Å². The van der Waals surface area contributed by atoms with Crippen LogP contribution < -0.4 is 0 Å². The zero-order valence-corrected chi connectivity index (χ0v) is 14.6. The van der Waals surface area contributed by atoms with Crippen LogP contribution >= 0.6 is 0 Å². The molecule has 0 bridgehead atoms. The minimum Gasteiger partial charge on any atom is -0.543 e. The molecule has 0 radical (unpaired) electrons. The number of hydrogen-bond donors (Lipinski definition) is 0. The highest BCUT2D eigenvalue weighted by molar-refractivity contribution is 6.77. The molecule has 112 valence electrons. The Morgan fingerprint density at radius 1 is 1.15 bits per heavy atom. The molecule has 0 aromatic carbocycles. The normalized spacial score (nSPS) is 12.8. The van der Waals surface area contributed by atoms with E-state index in [2.05, 4.69) is 48.1 Å². The van der Waals surface area contributed by atoms with E-state index in [0.717, 1.165) is 11.5 Å². The van der Waals surface area contributed by atoms with Crippen LogP contribution in [0.3, 0.4) is 0 Å². The molecule has 0 aliphatic carbocycles. The fraction of sp³-hybridized carbons (Fsp3) is 0.529. The second-order valence-electron chi connectivity index (χ2n) is 6.23. The van der Waals surface area contributed by atoms with E-state index in [9.17, 15) is 0 Å². The smallest absolute Gasteiger partial charge is 0.258 e. The quantitative estimate of drug-likeness (QED) is 0.349. The van der Waals surface area contributed by atoms with Gasteiger partial charge in [-0.1, -0.05) is 48.1 Å². The predicted molar refractivity (Wildman–Crippen MR) is 89.0 cm³/mol. The first kappa shape index (κ1) is 16.8. The summed E-state index contributed by atoms with van der Waals surface area (Å²) in [6.45, 7) is 17.7. The van der Waals surface area contributed by atoms with Crippen LogP contribution in [0, 0.1) is 0 Å². The molecule has 1 rings (SSSR count). The van der Waals surface area contributed by atoms with Crippen molar-refractivity contribution in [3.63, 3.8) is 0 Å². The third-order valence-electron chi connectivity index (χ3n) is 3.99. The van der Waals surface area contributed by atoms with Crippen molar-refractivity contribution < 1.29 is 8.84 Å². The Morgan fingerprint density at radius 3 is 2.10 bits per heavy atom. The zero-order chi connectivity index (χ0) is 15.3. The molecule has 0 fully saturated rings. The summed E-state index contributed by atoms with van der Waals surface area (Å²) in [4.78, 5) is 0. The van der Waals surface area contributed by atoms with Crippen LogP contribution in [0.15, 0.2) is 41.2 Å². The molecule has 1 aromatic heterocycles. The summed E-state index contributed by atoms with van der Waals surface area (Å²) in [5.41, 5.74) is 1.66. The van der Waals surface area contributed by atoms with Crippen LogP contribution in [0.1, 0.15) is 47.3 Å². The van der Waals surface area contributed by atoms with Gasteiger partial charge in [-0.05, 0) is 40.9 Å². The predicted octanol–water partition coefficient (Wildman–Crippen LogP) is 6.00. The first-order chi connectivity index (χ1) is 9.30. The Labute approximate surface area is 124 Å². The summed E-state index contributed by atoms with van der Waals surface area (Å²) < 4.78 is 11.7. The zero-order valence-electron chi connectivity index (χ0n) is 13.6. The first-order valence-electron chi connectivity index (χ1n) is 7.40. The van der Waals surface area contributed by atoms with Crippen LogP contribution in [-0.2, 0) is 4.43 Å². The monoisotopic (exact) mass is 292 g/mol. The lowest BCUT2D eigenvalue weighted by Gasteiger charge is -2.42. The maximum absolute atomic E-state index is 6.44. The van der Waals surface area contributed by atoms with E-state index in [0.29, 0.717) is 16.6 Å². The maximum atomic E-state index is 6.44. The molecule has 1 heterocycles. The highest BCUT2D eigenvalue weighted by atomic mass is 28.4. The van der Waals surface area contributed by atoms with E-state index >= 15 is 0 Å². The van der Waals surface area contributed by atoms with Crippen LogP contribution in [0.4, 0.5) is 0 Å². The van der Waals surface area contributed by atoms with Gasteiger partial charge in [-0.25, -0.2) is 0 Å². The average molecular weight is 292 g/mol. The minimum absolute atomic E-state index is 0.552. The number of furan rings is 1. The van der Waals surface area contributed by atoms with Crippen molar-refractivity contribution in [2.24, 2.45) is 0 Å². The molecule has 2 nitrogen and oxygen atoms in total. The van der Waals surface area contributed by atoms with Gasteiger partial charge in [-0.3, -0.25) is 0 Å². The lowest BCUT2D eigenvalue weighted by molar-refractivity contribution is 0.389. The van der Waals surface area contributed by atoms with E-state index in [1.807, 2.05) is 24.3 Å². The second kappa shape index (κ2) is 6.98. The standard InChI is InChI=1S/C17H28O2Si/c1-13(2)20(14(3)4,15(5)6)19-16(7)10-11-17-9-8-12-18-17/h8-15H,7H2,1-6H3/b11-10+. The molecule has 0 saturated carbocycles. The molecule has 0 saturated heterocycles. The van der Waals surface area contributed by atoms with E-state index in [1.54, 1.807) is 6.26 Å². The van der Waals surface area contributed by atoms with Crippen LogP contribution in [0.2, 0.25) is 16.6 Å². The highest BCUT2D eigenvalue weighted by Crippen LogP contribution is 2.43.